The summed E-state index contributed by atoms with van der Waals surface area (Å²) < 4.78 is 24.3. The SMILES string of the molecule is CCCCC[C@@H](NP(=O)(Oc1ccccc1)Oc1ccc([N+](=O)[O-])cc1)C(=O)O. The maximum absolute atomic E-state index is 13.4. The highest BCUT2D eigenvalue weighted by atomic mass is 31.2. The second-order valence-electron chi connectivity index (χ2n) is 6.26. The number of nitro benzene ring substituents is 1. The van der Waals surface area contributed by atoms with E-state index in [2.05, 4.69) is 5.09 Å². The predicted molar refractivity (Wildman–Crippen MR) is 107 cm³/mol. The van der Waals surface area contributed by atoms with Gasteiger partial charge in [0, 0.05) is 12.1 Å². The van der Waals surface area contributed by atoms with E-state index in [1.54, 1.807) is 30.3 Å². The van der Waals surface area contributed by atoms with Crippen molar-refractivity contribution in [2.75, 3.05) is 0 Å². The molecule has 2 rings (SSSR count). The van der Waals surface area contributed by atoms with E-state index in [0.29, 0.717) is 6.42 Å². The molecule has 0 radical (unpaired) electrons. The third-order valence-corrected chi connectivity index (χ3v) is 5.48. The van der Waals surface area contributed by atoms with Crippen LogP contribution in [-0.4, -0.2) is 22.0 Å². The summed E-state index contributed by atoms with van der Waals surface area (Å²) in [5.41, 5.74) is -0.160. The first-order chi connectivity index (χ1) is 13.8. The normalized spacial score (nSPS) is 13.8. The molecule has 0 aliphatic heterocycles. The molecule has 9 nitrogen and oxygen atoms in total. The van der Waals surface area contributed by atoms with Crippen molar-refractivity contribution in [1.82, 2.24) is 5.09 Å². The number of aliphatic carboxylic acids is 1. The molecule has 156 valence electrons. The van der Waals surface area contributed by atoms with Gasteiger partial charge in [-0.05, 0) is 30.7 Å². The molecule has 0 aromatic heterocycles. The van der Waals surface area contributed by atoms with Crippen molar-refractivity contribution in [3.8, 4) is 11.5 Å². The second kappa shape index (κ2) is 10.6. The number of hydrogen-bond donors (Lipinski definition) is 2. The van der Waals surface area contributed by atoms with Crippen LogP contribution in [0.2, 0.25) is 0 Å². The fourth-order valence-corrected chi connectivity index (χ4v) is 4.05. The van der Waals surface area contributed by atoms with E-state index < -0.39 is 24.7 Å². The van der Waals surface area contributed by atoms with Crippen molar-refractivity contribution < 1.29 is 28.4 Å². The molecule has 2 aromatic rings. The fourth-order valence-electron chi connectivity index (χ4n) is 2.49. The largest absolute Gasteiger partial charge is 0.513 e. The van der Waals surface area contributed by atoms with Crippen molar-refractivity contribution in [2.24, 2.45) is 0 Å². The van der Waals surface area contributed by atoms with Gasteiger partial charge in [-0.2, -0.15) is 5.09 Å². The highest BCUT2D eigenvalue weighted by molar-refractivity contribution is 7.52. The number of nitro groups is 1. The van der Waals surface area contributed by atoms with Gasteiger partial charge in [0.1, 0.15) is 17.5 Å². The molecular weight excluding hydrogens is 399 g/mol. The number of para-hydroxylation sites is 1. The number of hydrogen-bond acceptors (Lipinski definition) is 6. The Morgan fingerprint density at radius 3 is 2.21 bits per heavy atom. The van der Waals surface area contributed by atoms with E-state index in [4.69, 9.17) is 9.05 Å². The minimum atomic E-state index is -4.16. The van der Waals surface area contributed by atoms with Crippen LogP contribution in [0.15, 0.2) is 54.6 Å². The van der Waals surface area contributed by atoms with Crippen molar-refractivity contribution in [1.29, 1.82) is 0 Å². The van der Waals surface area contributed by atoms with Crippen molar-refractivity contribution >= 4 is 19.4 Å². The Labute approximate surface area is 168 Å². The van der Waals surface area contributed by atoms with E-state index in [9.17, 15) is 24.6 Å². The number of unbranched alkanes of at least 4 members (excludes halogenated alkanes) is 2. The molecule has 0 amide bonds. The number of carboxylic acids is 1. The number of nitrogens with zero attached hydrogens (tertiary/aromatic N) is 1. The Kier molecular flexibility index (Phi) is 8.18. The first-order valence-corrected chi connectivity index (χ1v) is 10.7. The number of non-ortho nitro benzene ring substituents is 1. The van der Waals surface area contributed by atoms with E-state index in [1.807, 2.05) is 6.92 Å². The minimum absolute atomic E-state index is 0.0417. The fraction of sp³-hybridized carbons (Fsp3) is 0.316. The standard InChI is InChI=1S/C19H23N2O7P/c1-2-3-5-10-18(19(22)23)20-29(26,27-16-8-6-4-7-9-16)28-17-13-11-15(12-14-17)21(24)25/h4,6-9,11-14,18H,2-3,5,10H2,1H3,(H,20,26)(H,22,23)/t18-,29?/m1/s1. The van der Waals surface area contributed by atoms with Crippen LogP contribution in [-0.2, 0) is 9.36 Å². The van der Waals surface area contributed by atoms with Gasteiger partial charge in [0.25, 0.3) is 5.69 Å². The van der Waals surface area contributed by atoms with Gasteiger partial charge in [-0.15, -0.1) is 0 Å². The van der Waals surface area contributed by atoms with Crippen LogP contribution in [0.3, 0.4) is 0 Å². The molecule has 0 saturated carbocycles. The van der Waals surface area contributed by atoms with Gasteiger partial charge >= 0.3 is 13.7 Å². The van der Waals surface area contributed by atoms with Crippen molar-refractivity contribution in [3.05, 3.63) is 64.7 Å². The lowest BCUT2D eigenvalue weighted by Gasteiger charge is -2.23. The van der Waals surface area contributed by atoms with Crippen LogP contribution in [0.1, 0.15) is 32.6 Å². The summed E-state index contributed by atoms with van der Waals surface area (Å²) in [6.45, 7) is 1.99. The zero-order valence-electron chi connectivity index (χ0n) is 15.9. The van der Waals surface area contributed by atoms with E-state index >= 15 is 0 Å². The summed E-state index contributed by atoms with van der Waals surface area (Å²) in [6.07, 6.45) is 2.61. The average molecular weight is 422 g/mol. The Morgan fingerprint density at radius 1 is 1.10 bits per heavy atom. The average Bonchev–Trinajstić information content (AvgIpc) is 2.68. The molecular formula is C19H23N2O7P. The summed E-state index contributed by atoms with van der Waals surface area (Å²) in [5, 5.41) is 22.8. The summed E-state index contributed by atoms with van der Waals surface area (Å²) >= 11 is 0. The van der Waals surface area contributed by atoms with E-state index in [-0.39, 0.29) is 23.6 Å². The molecule has 0 fully saturated rings. The Hall–Kier alpha value is -2.90. The lowest BCUT2D eigenvalue weighted by molar-refractivity contribution is -0.384. The highest BCUT2D eigenvalue weighted by Crippen LogP contribution is 2.45. The Balaban J connectivity index is 2.25. The Morgan fingerprint density at radius 2 is 1.69 bits per heavy atom. The van der Waals surface area contributed by atoms with Gasteiger partial charge in [-0.1, -0.05) is 44.4 Å². The molecule has 0 spiro atoms. The quantitative estimate of drug-likeness (QED) is 0.216. The van der Waals surface area contributed by atoms with Gasteiger partial charge in [0.2, 0.25) is 0 Å². The number of carbonyl (C=O) groups is 1. The van der Waals surface area contributed by atoms with E-state index in [1.165, 1.54) is 24.3 Å². The van der Waals surface area contributed by atoms with Gasteiger partial charge in [-0.3, -0.25) is 14.9 Å². The molecule has 29 heavy (non-hydrogen) atoms. The predicted octanol–water partition coefficient (Wildman–Crippen LogP) is 4.78. The Bertz CT molecular complexity index is 859. The molecule has 0 aliphatic carbocycles. The molecule has 0 aliphatic rings. The smallest absolute Gasteiger partial charge is 0.480 e. The molecule has 1 unspecified atom stereocenters. The lowest BCUT2D eigenvalue weighted by atomic mass is 10.1. The molecule has 0 saturated heterocycles. The third kappa shape index (κ3) is 7.21. The number of carboxylic acid groups (broad SMARTS) is 1. The first-order valence-electron chi connectivity index (χ1n) is 9.12. The topological polar surface area (TPSA) is 128 Å². The third-order valence-electron chi connectivity index (χ3n) is 3.95. The monoisotopic (exact) mass is 422 g/mol. The molecule has 2 atom stereocenters. The van der Waals surface area contributed by atoms with Crippen molar-refractivity contribution in [2.45, 2.75) is 38.6 Å². The number of benzene rings is 2. The number of rotatable bonds is 12. The van der Waals surface area contributed by atoms with Gasteiger partial charge in [0.05, 0.1) is 4.92 Å². The molecule has 0 bridgehead atoms. The maximum Gasteiger partial charge on any atom is 0.513 e. The van der Waals surface area contributed by atoms with Crippen LogP contribution in [0.4, 0.5) is 5.69 Å². The second-order valence-corrected chi connectivity index (χ2v) is 7.88. The summed E-state index contributed by atoms with van der Waals surface area (Å²) in [4.78, 5) is 21.8. The summed E-state index contributed by atoms with van der Waals surface area (Å²) in [7, 11) is -4.16. The van der Waals surface area contributed by atoms with E-state index in [0.717, 1.165) is 12.8 Å². The van der Waals surface area contributed by atoms with Gasteiger partial charge in [0.15, 0.2) is 0 Å². The molecule has 10 heteroatoms. The molecule has 2 N–H and O–H groups in total. The van der Waals surface area contributed by atoms with Crippen LogP contribution in [0, 0.1) is 10.1 Å². The molecule has 0 heterocycles. The van der Waals surface area contributed by atoms with Crippen LogP contribution >= 0.6 is 7.75 Å². The summed E-state index contributed by atoms with van der Waals surface area (Å²) in [5.74, 6) is -0.909. The zero-order chi connectivity index (χ0) is 21.3. The van der Waals surface area contributed by atoms with Gasteiger partial charge < -0.3 is 14.2 Å². The maximum atomic E-state index is 13.4. The summed E-state index contributed by atoms with van der Waals surface area (Å²) in [6, 6.07) is 12.0. The zero-order valence-corrected chi connectivity index (χ0v) is 16.8. The first kappa shape index (κ1) is 22.4. The highest BCUT2D eigenvalue weighted by Gasteiger charge is 2.35. The van der Waals surface area contributed by atoms with Gasteiger partial charge in [-0.25, -0.2) is 4.57 Å². The molecule has 2 aromatic carbocycles. The minimum Gasteiger partial charge on any atom is -0.480 e. The van der Waals surface area contributed by atoms with Crippen LogP contribution in [0.5, 0.6) is 11.5 Å². The van der Waals surface area contributed by atoms with Crippen LogP contribution < -0.4 is 14.1 Å². The van der Waals surface area contributed by atoms with Crippen LogP contribution in [0.25, 0.3) is 0 Å². The van der Waals surface area contributed by atoms with Crippen molar-refractivity contribution in [3.63, 3.8) is 0 Å². The lowest BCUT2D eigenvalue weighted by Crippen LogP contribution is -2.37. The number of nitrogens with one attached hydrogen (secondary N) is 1.